The molecular weight excluding hydrogens is 444 g/mol. The van der Waals surface area contributed by atoms with Crippen molar-refractivity contribution in [3.05, 3.63) is 39.9 Å². The smallest absolute Gasteiger partial charge is 0.306 e. The van der Waals surface area contributed by atoms with E-state index in [1.165, 1.54) is 0 Å². The van der Waals surface area contributed by atoms with Crippen molar-refractivity contribution in [2.45, 2.75) is 19.4 Å². The Morgan fingerprint density at radius 3 is 2.17 bits per heavy atom. The van der Waals surface area contributed by atoms with E-state index in [9.17, 15) is 4.79 Å². The highest BCUT2D eigenvalue weighted by Gasteiger charge is 2.17. The fraction of sp³-hybridized carbons (Fsp3) is 0.381. The van der Waals surface area contributed by atoms with E-state index in [2.05, 4.69) is 15.9 Å². The summed E-state index contributed by atoms with van der Waals surface area (Å²) in [5.74, 6) is 2.65. The minimum atomic E-state index is -0.305. The van der Waals surface area contributed by atoms with E-state index in [-0.39, 0.29) is 19.0 Å². The van der Waals surface area contributed by atoms with Gasteiger partial charge < -0.3 is 28.4 Å². The van der Waals surface area contributed by atoms with E-state index in [0.717, 1.165) is 15.6 Å². The molecule has 0 saturated carbocycles. The van der Waals surface area contributed by atoms with Crippen LogP contribution in [0.2, 0.25) is 0 Å². The number of hydrogen-bond acceptors (Lipinski definition) is 7. The predicted molar refractivity (Wildman–Crippen MR) is 109 cm³/mol. The van der Waals surface area contributed by atoms with Gasteiger partial charge in [0, 0.05) is 16.5 Å². The van der Waals surface area contributed by atoms with Crippen LogP contribution >= 0.6 is 15.9 Å². The Balaban J connectivity index is 1.59. The van der Waals surface area contributed by atoms with Crippen LogP contribution in [-0.4, -0.2) is 40.5 Å². The lowest BCUT2D eigenvalue weighted by Gasteiger charge is -2.20. The van der Waals surface area contributed by atoms with Crippen molar-refractivity contribution in [1.82, 2.24) is 0 Å². The first-order valence-electron chi connectivity index (χ1n) is 9.08. The van der Waals surface area contributed by atoms with Gasteiger partial charge in [-0.05, 0) is 36.2 Å². The summed E-state index contributed by atoms with van der Waals surface area (Å²) in [4.78, 5) is 12.2. The number of benzene rings is 2. The first kappa shape index (κ1) is 21.1. The lowest BCUT2D eigenvalue weighted by molar-refractivity contribution is -0.144. The summed E-state index contributed by atoms with van der Waals surface area (Å²) < 4.78 is 33.3. The Labute approximate surface area is 177 Å². The molecule has 0 atom stereocenters. The Morgan fingerprint density at radius 1 is 0.966 bits per heavy atom. The maximum atomic E-state index is 12.2. The summed E-state index contributed by atoms with van der Waals surface area (Å²) in [6, 6.07) is 7.30. The third kappa shape index (κ3) is 5.06. The van der Waals surface area contributed by atoms with Gasteiger partial charge in [-0.2, -0.15) is 0 Å². The number of methoxy groups -OCH3 is 3. The zero-order chi connectivity index (χ0) is 20.8. The van der Waals surface area contributed by atoms with Crippen molar-refractivity contribution in [3.63, 3.8) is 0 Å². The second-order valence-electron chi connectivity index (χ2n) is 6.28. The molecule has 0 N–H and O–H groups in total. The van der Waals surface area contributed by atoms with Gasteiger partial charge in [0.25, 0.3) is 0 Å². The zero-order valence-corrected chi connectivity index (χ0v) is 18.2. The van der Waals surface area contributed by atoms with Gasteiger partial charge in [-0.15, -0.1) is 0 Å². The van der Waals surface area contributed by atoms with Gasteiger partial charge in [0.2, 0.25) is 5.75 Å². The molecule has 7 nitrogen and oxygen atoms in total. The van der Waals surface area contributed by atoms with Crippen LogP contribution in [0, 0.1) is 0 Å². The maximum Gasteiger partial charge on any atom is 0.306 e. The summed E-state index contributed by atoms with van der Waals surface area (Å²) in [7, 11) is 4.66. The number of carbonyl (C=O) groups excluding carboxylic acids is 1. The van der Waals surface area contributed by atoms with Crippen molar-refractivity contribution in [3.8, 4) is 28.7 Å². The molecule has 0 aromatic heterocycles. The van der Waals surface area contributed by atoms with Crippen molar-refractivity contribution >= 4 is 21.9 Å². The number of carbonyl (C=O) groups is 1. The van der Waals surface area contributed by atoms with E-state index in [4.69, 9.17) is 28.4 Å². The second-order valence-corrected chi connectivity index (χ2v) is 7.14. The summed E-state index contributed by atoms with van der Waals surface area (Å²) >= 11 is 3.48. The van der Waals surface area contributed by atoms with E-state index in [1.54, 1.807) is 21.3 Å². The number of halogens is 1. The lowest BCUT2D eigenvalue weighted by Crippen LogP contribution is -2.15. The molecule has 0 bridgehead atoms. The lowest BCUT2D eigenvalue weighted by atomic mass is 10.1. The first-order valence-corrected chi connectivity index (χ1v) is 9.87. The highest BCUT2D eigenvalue weighted by atomic mass is 79.9. The van der Waals surface area contributed by atoms with E-state index in [1.807, 2.05) is 24.3 Å². The maximum absolute atomic E-state index is 12.2. The molecule has 0 aliphatic carbocycles. The Hall–Kier alpha value is -2.61. The number of aryl methyl sites for hydroxylation is 1. The molecule has 1 aliphatic heterocycles. The van der Waals surface area contributed by atoms with Gasteiger partial charge in [-0.3, -0.25) is 4.79 Å². The standard InChI is InChI=1S/C21H23BrO7/c1-24-18-8-13(9-19(25-2)21(18)26-3)4-5-20(23)29-12-14-10-16-17(11-15(14)22)28-7-6-27-16/h8-11H,4-7,12H2,1-3H3. The summed E-state index contributed by atoms with van der Waals surface area (Å²) in [5, 5.41) is 0. The Bertz CT molecular complexity index is 857. The molecule has 1 heterocycles. The summed E-state index contributed by atoms with van der Waals surface area (Å²) in [6.45, 7) is 1.17. The van der Waals surface area contributed by atoms with Crippen molar-refractivity contribution in [2.24, 2.45) is 0 Å². The van der Waals surface area contributed by atoms with E-state index in [0.29, 0.717) is 48.4 Å². The fourth-order valence-electron chi connectivity index (χ4n) is 2.97. The average molecular weight is 467 g/mol. The quantitative estimate of drug-likeness (QED) is 0.545. The second kappa shape index (κ2) is 9.73. The molecule has 3 rings (SSSR count). The van der Waals surface area contributed by atoms with Crippen molar-refractivity contribution < 1.29 is 33.2 Å². The van der Waals surface area contributed by atoms with E-state index >= 15 is 0 Å². The van der Waals surface area contributed by atoms with Crippen LogP contribution in [0.25, 0.3) is 0 Å². The molecule has 0 radical (unpaired) electrons. The molecule has 156 valence electrons. The zero-order valence-electron chi connectivity index (χ0n) is 16.6. The third-order valence-corrected chi connectivity index (χ3v) is 5.18. The summed E-state index contributed by atoms with van der Waals surface area (Å²) in [6.07, 6.45) is 0.707. The SMILES string of the molecule is COc1cc(CCC(=O)OCc2cc3c(cc2Br)OCCO3)cc(OC)c1OC. The molecule has 1 aliphatic rings. The van der Waals surface area contributed by atoms with Gasteiger partial charge in [0.15, 0.2) is 23.0 Å². The van der Waals surface area contributed by atoms with Crippen LogP contribution in [-0.2, 0) is 22.6 Å². The molecule has 0 saturated heterocycles. The summed E-state index contributed by atoms with van der Waals surface area (Å²) in [5.41, 5.74) is 1.70. The first-order chi connectivity index (χ1) is 14.0. The van der Waals surface area contributed by atoms with Crippen molar-refractivity contribution in [1.29, 1.82) is 0 Å². The molecule has 2 aromatic carbocycles. The fourth-order valence-corrected chi connectivity index (χ4v) is 3.41. The van der Waals surface area contributed by atoms with Crippen molar-refractivity contribution in [2.75, 3.05) is 34.5 Å². The highest BCUT2D eigenvalue weighted by molar-refractivity contribution is 9.10. The number of hydrogen-bond donors (Lipinski definition) is 0. The molecule has 2 aromatic rings. The normalized spacial score (nSPS) is 12.3. The largest absolute Gasteiger partial charge is 0.493 e. The molecule has 0 fully saturated rings. The molecule has 8 heteroatoms. The van der Waals surface area contributed by atoms with Crippen LogP contribution in [0.15, 0.2) is 28.7 Å². The monoisotopic (exact) mass is 466 g/mol. The van der Waals surface area contributed by atoms with Gasteiger partial charge in [-0.1, -0.05) is 15.9 Å². The van der Waals surface area contributed by atoms with Crippen LogP contribution in [0.5, 0.6) is 28.7 Å². The van der Waals surface area contributed by atoms with Gasteiger partial charge >= 0.3 is 5.97 Å². The molecule has 29 heavy (non-hydrogen) atoms. The number of rotatable bonds is 8. The average Bonchev–Trinajstić information content (AvgIpc) is 2.75. The van der Waals surface area contributed by atoms with Crippen LogP contribution < -0.4 is 23.7 Å². The van der Waals surface area contributed by atoms with Gasteiger partial charge in [-0.25, -0.2) is 0 Å². The van der Waals surface area contributed by atoms with Crippen LogP contribution in [0.1, 0.15) is 17.5 Å². The third-order valence-electron chi connectivity index (χ3n) is 4.44. The van der Waals surface area contributed by atoms with Gasteiger partial charge in [0.05, 0.1) is 21.3 Å². The number of esters is 1. The van der Waals surface area contributed by atoms with Crippen LogP contribution in [0.4, 0.5) is 0 Å². The van der Waals surface area contributed by atoms with E-state index < -0.39 is 0 Å². The number of fused-ring (bicyclic) bond motifs is 1. The number of ether oxygens (including phenoxy) is 6. The molecule has 0 amide bonds. The minimum Gasteiger partial charge on any atom is -0.493 e. The Kier molecular flexibility index (Phi) is 7.09. The molecule has 0 spiro atoms. The topological polar surface area (TPSA) is 72.5 Å². The Morgan fingerprint density at radius 2 is 1.59 bits per heavy atom. The minimum absolute atomic E-state index is 0.144. The molecule has 0 unspecified atom stereocenters. The molecular formula is C21H23BrO7. The highest BCUT2D eigenvalue weighted by Crippen LogP contribution is 2.38. The predicted octanol–water partition coefficient (Wildman–Crippen LogP) is 3.92. The van der Waals surface area contributed by atoms with Gasteiger partial charge in [0.1, 0.15) is 19.8 Å². The van der Waals surface area contributed by atoms with Crippen LogP contribution in [0.3, 0.4) is 0 Å².